The summed E-state index contributed by atoms with van der Waals surface area (Å²) in [6.07, 6.45) is -0.620. The van der Waals surface area contributed by atoms with Crippen LogP contribution in [0.25, 0.3) is 0 Å². The summed E-state index contributed by atoms with van der Waals surface area (Å²) < 4.78 is 5.39. The van der Waals surface area contributed by atoms with Crippen molar-refractivity contribution in [3.8, 4) is 0 Å². The Kier molecular flexibility index (Phi) is 3.34. The van der Waals surface area contributed by atoms with Crippen molar-refractivity contribution < 1.29 is 19.4 Å². The summed E-state index contributed by atoms with van der Waals surface area (Å²) in [5.74, 6) is -1.37. The van der Waals surface area contributed by atoms with Crippen LogP contribution < -0.4 is 0 Å². The predicted octanol–water partition coefficient (Wildman–Crippen LogP) is 0.978. The lowest BCUT2D eigenvalue weighted by Crippen LogP contribution is -2.52. The first-order valence-electron chi connectivity index (χ1n) is 5.67. The minimum atomic E-state index is -1.06. The topological polar surface area (TPSA) is 66.8 Å². The summed E-state index contributed by atoms with van der Waals surface area (Å²) in [7, 11) is 1.49. The van der Waals surface area contributed by atoms with E-state index in [0.717, 1.165) is 11.1 Å². The maximum atomic E-state index is 11.5. The van der Waals surface area contributed by atoms with Crippen molar-refractivity contribution in [1.29, 1.82) is 0 Å². The molecule has 2 unspecified atom stereocenters. The molecule has 0 aromatic heterocycles. The Morgan fingerprint density at radius 1 is 1.39 bits per heavy atom. The average molecular weight is 249 g/mol. The highest BCUT2D eigenvalue weighted by atomic mass is 16.5. The van der Waals surface area contributed by atoms with Gasteiger partial charge in [-0.25, -0.2) is 4.79 Å². The maximum Gasteiger partial charge on any atom is 0.329 e. The van der Waals surface area contributed by atoms with Crippen molar-refractivity contribution in [2.75, 3.05) is 13.7 Å². The number of aryl methyl sites for hydroxylation is 1. The van der Waals surface area contributed by atoms with Crippen molar-refractivity contribution in [3.05, 3.63) is 35.4 Å². The molecule has 0 saturated carbocycles. The van der Waals surface area contributed by atoms with Crippen molar-refractivity contribution >= 4 is 11.9 Å². The fraction of sp³-hybridized carbons (Fsp3) is 0.385. The molecule has 1 N–H and O–H groups in total. The Balaban J connectivity index is 2.33. The van der Waals surface area contributed by atoms with Gasteiger partial charge in [0, 0.05) is 7.05 Å². The Morgan fingerprint density at radius 2 is 2.00 bits per heavy atom. The molecule has 1 aliphatic heterocycles. The molecule has 1 aliphatic rings. The standard InChI is InChI=1S/C13H15NO4/c1-8-3-5-9(6-4-8)12-11(13(16)17)14(2)10(15)7-18-12/h3-6,11-12H,7H2,1-2H3,(H,16,17). The van der Waals surface area contributed by atoms with Crippen molar-refractivity contribution in [1.82, 2.24) is 4.90 Å². The van der Waals surface area contributed by atoms with E-state index in [1.165, 1.54) is 11.9 Å². The number of ether oxygens (including phenoxy) is 1. The normalized spacial score (nSPS) is 24.1. The van der Waals surface area contributed by atoms with Crippen LogP contribution in [0.15, 0.2) is 24.3 Å². The quantitative estimate of drug-likeness (QED) is 0.848. The molecular weight excluding hydrogens is 234 g/mol. The zero-order valence-corrected chi connectivity index (χ0v) is 10.3. The van der Waals surface area contributed by atoms with Gasteiger partial charge in [0.25, 0.3) is 0 Å². The Morgan fingerprint density at radius 3 is 2.56 bits per heavy atom. The number of likely N-dealkylation sites (N-methyl/N-ethyl adjacent to an activating group) is 1. The molecule has 0 spiro atoms. The monoisotopic (exact) mass is 249 g/mol. The number of nitrogens with zero attached hydrogens (tertiary/aromatic N) is 1. The fourth-order valence-corrected chi connectivity index (χ4v) is 2.04. The molecular formula is C13H15NO4. The van der Waals surface area contributed by atoms with E-state index in [4.69, 9.17) is 4.74 Å². The molecule has 18 heavy (non-hydrogen) atoms. The minimum Gasteiger partial charge on any atom is -0.480 e. The summed E-state index contributed by atoms with van der Waals surface area (Å²) in [5, 5.41) is 9.24. The number of carbonyl (C=O) groups excluding carboxylic acids is 1. The molecule has 5 heteroatoms. The molecule has 1 aromatic rings. The SMILES string of the molecule is Cc1ccc(C2OCC(=O)N(C)C2C(=O)O)cc1. The van der Waals surface area contributed by atoms with Crippen LogP contribution in [-0.4, -0.2) is 41.6 Å². The van der Waals surface area contributed by atoms with Gasteiger partial charge in [0.2, 0.25) is 5.91 Å². The fourth-order valence-electron chi connectivity index (χ4n) is 2.04. The van der Waals surface area contributed by atoms with Gasteiger partial charge in [-0.3, -0.25) is 4.79 Å². The van der Waals surface area contributed by atoms with Gasteiger partial charge in [-0.1, -0.05) is 29.8 Å². The summed E-state index contributed by atoms with van der Waals surface area (Å²) >= 11 is 0. The lowest BCUT2D eigenvalue weighted by molar-refractivity contribution is -0.169. The van der Waals surface area contributed by atoms with Crippen LogP contribution in [-0.2, 0) is 14.3 Å². The van der Waals surface area contributed by atoms with E-state index >= 15 is 0 Å². The van der Waals surface area contributed by atoms with Crippen molar-refractivity contribution in [2.45, 2.75) is 19.1 Å². The van der Waals surface area contributed by atoms with Gasteiger partial charge in [0.1, 0.15) is 12.7 Å². The first-order chi connectivity index (χ1) is 8.50. The zero-order chi connectivity index (χ0) is 13.3. The maximum absolute atomic E-state index is 11.5. The van der Waals surface area contributed by atoms with Crippen molar-refractivity contribution in [3.63, 3.8) is 0 Å². The number of carboxylic acids is 1. The average Bonchev–Trinajstić information content (AvgIpc) is 2.33. The molecule has 1 amide bonds. The Hall–Kier alpha value is -1.88. The van der Waals surface area contributed by atoms with Gasteiger partial charge in [0.05, 0.1) is 0 Å². The van der Waals surface area contributed by atoms with Gasteiger partial charge in [0.15, 0.2) is 6.04 Å². The van der Waals surface area contributed by atoms with Gasteiger partial charge < -0.3 is 14.7 Å². The molecule has 2 rings (SSSR count). The first kappa shape index (κ1) is 12.6. The molecule has 0 bridgehead atoms. The van der Waals surface area contributed by atoms with E-state index in [2.05, 4.69) is 0 Å². The number of morpholine rings is 1. The molecule has 0 radical (unpaired) electrons. The zero-order valence-electron chi connectivity index (χ0n) is 10.3. The van der Waals surface area contributed by atoms with Crippen LogP contribution in [0.2, 0.25) is 0 Å². The minimum absolute atomic E-state index is 0.0845. The van der Waals surface area contributed by atoms with Crippen LogP contribution >= 0.6 is 0 Å². The molecule has 1 fully saturated rings. The molecule has 5 nitrogen and oxygen atoms in total. The van der Waals surface area contributed by atoms with E-state index in [0.29, 0.717) is 0 Å². The van der Waals surface area contributed by atoms with E-state index in [9.17, 15) is 14.7 Å². The number of rotatable bonds is 2. The second-order valence-corrected chi connectivity index (χ2v) is 4.43. The van der Waals surface area contributed by atoms with E-state index < -0.39 is 18.1 Å². The largest absolute Gasteiger partial charge is 0.480 e. The number of amides is 1. The number of hydrogen-bond donors (Lipinski definition) is 1. The van der Waals surface area contributed by atoms with Gasteiger partial charge in [-0.05, 0) is 12.5 Å². The third-order valence-electron chi connectivity index (χ3n) is 3.14. The second-order valence-electron chi connectivity index (χ2n) is 4.43. The van der Waals surface area contributed by atoms with Gasteiger partial charge in [-0.15, -0.1) is 0 Å². The highest BCUT2D eigenvalue weighted by Gasteiger charge is 2.40. The molecule has 1 aromatic carbocycles. The van der Waals surface area contributed by atoms with Crippen LogP contribution in [0, 0.1) is 6.92 Å². The van der Waals surface area contributed by atoms with Crippen molar-refractivity contribution in [2.24, 2.45) is 0 Å². The number of hydrogen-bond acceptors (Lipinski definition) is 3. The van der Waals surface area contributed by atoms with Crippen LogP contribution in [0.1, 0.15) is 17.2 Å². The molecule has 1 heterocycles. The number of aliphatic carboxylic acids is 1. The first-order valence-corrected chi connectivity index (χ1v) is 5.67. The third kappa shape index (κ3) is 2.22. The Labute approximate surface area is 105 Å². The highest BCUT2D eigenvalue weighted by Crippen LogP contribution is 2.28. The van der Waals surface area contributed by atoms with E-state index in [1.54, 1.807) is 0 Å². The Bertz CT molecular complexity index is 468. The summed E-state index contributed by atoms with van der Waals surface area (Å²) in [6, 6.07) is 6.48. The molecule has 96 valence electrons. The predicted molar refractivity (Wildman–Crippen MR) is 64.1 cm³/mol. The third-order valence-corrected chi connectivity index (χ3v) is 3.14. The number of benzene rings is 1. The molecule has 0 aliphatic carbocycles. The van der Waals surface area contributed by atoms with Gasteiger partial charge in [-0.2, -0.15) is 0 Å². The summed E-state index contributed by atoms with van der Waals surface area (Å²) in [5.41, 5.74) is 1.86. The second kappa shape index (κ2) is 4.78. The van der Waals surface area contributed by atoms with E-state index in [1.807, 2.05) is 31.2 Å². The molecule has 1 saturated heterocycles. The van der Waals surface area contributed by atoms with Crippen LogP contribution in [0.4, 0.5) is 0 Å². The number of carbonyl (C=O) groups is 2. The smallest absolute Gasteiger partial charge is 0.329 e. The number of carboxylic acid groups (broad SMARTS) is 1. The summed E-state index contributed by atoms with van der Waals surface area (Å²) in [6.45, 7) is 1.87. The van der Waals surface area contributed by atoms with Crippen LogP contribution in [0.5, 0.6) is 0 Å². The van der Waals surface area contributed by atoms with E-state index in [-0.39, 0.29) is 12.5 Å². The lowest BCUT2D eigenvalue weighted by atomic mass is 9.98. The van der Waals surface area contributed by atoms with Crippen LogP contribution in [0.3, 0.4) is 0 Å². The molecule has 2 atom stereocenters. The van der Waals surface area contributed by atoms with Gasteiger partial charge >= 0.3 is 5.97 Å². The highest BCUT2D eigenvalue weighted by molar-refractivity contribution is 5.86. The lowest BCUT2D eigenvalue weighted by Gasteiger charge is -2.36. The summed E-state index contributed by atoms with van der Waals surface area (Å²) in [4.78, 5) is 24.0.